The number of ether oxygens (including phenoxy) is 3. The molecular formula is C24H28N2O4. The number of benzene rings is 2. The molecular weight excluding hydrogens is 380 g/mol. The van der Waals surface area contributed by atoms with Crippen LogP contribution in [0.4, 0.5) is 5.69 Å². The van der Waals surface area contributed by atoms with Crippen LogP contribution in [0.15, 0.2) is 42.0 Å². The van der Waals surface area contributed by atoms with Crippen molar-refractivity contribution < 1.29 is 19.0 Å². The Balaban J connectivity index is 2.28. The molecule has 1 amide bonds. The molecule has 0 heterocycles. The summed E-state index contributed by atoms with van der Waals surface area (Å²) in [4.78, 5) is 12.7. The minimum Gasteiger partial charge on any atom is -0.495 e. The van der Waals surface area contributed by atoms with Crippen molar-refractivity contribution in [2.24, 2.45) is 5.92 Å². The normalized spacial score (nSPS) is 11.0. The fraction of sp³-hybridized carbons (Fsp3) is 0.333. The van der Waals surface area contributed by atoms with Gasteiger partial charge in [-0.1, -0.05) is 26.0 Å². The van der Waals surface area contributed by atoms with E-state index < -0.39 is 5.91 Å². The highest BCUT2D eigenvalue weighted by atomic mass is 16.5. The van der Waals surface area contributed by atoms with E-state index in [1.54, 1.807) is 30.3 Å². The van der Waals surface area contributed by atoms with Gasteiger partial charge in [0.15, 0.2) is 11.5 Å². The monoisotopic (exact) mass is 408 g/mol. The van der Waals surface area contributed by atoms with Crippen LogP contribution < -0.4 is 19.5 Å². The Morgan fingerprint density at radius 3 is 2.50 bits per heavy atom. The van der Waals surface area contributed by atoms with Gasteiger partial charge in [0.1, 0.15) is 17.4 Å². The van der Waals surface area contributed by atoms with Crippen molar-refractivity contribution in [1.82, 2.24) is 0 Å². The molecule has 0 bridgehead atoms. The molecule has 2 aromatic rings. The van der Waals surface area contributed by atoms with Crippen molar-refractivity contribution in [3.63, 3.8) is 0 Å². The van der Waals surface area contributed by atoms with Gasteiger partial charge < -0.3 is 19.5 Å². The van der Waals surface area contributed by atoms with E-state index in [0.717, 1.165) is 5.56 Å². The third kappa shape index (κ3) is 6.28. The maximum atomic E-state index is 12.7. The Morgan fingerprint density at radius 1 is 1.13 bits per heavy atom. The summed E-state index contributed by atoms with van der Waals surface area (Å²) >= 11 is 0. The molecule has 0 fully saturated rings. The quantitative estimate of drug-likeness (QED) is 0.467. The maximum Gasteiger partial charge on any atom is 0.266 e. The molecule has 0 aliphatic rings. The summed E-state index contributed by atoms with van der Waals surface area (Å²) in [5.41, 5.74) is 2.11. The predicted molar refractivity (Wildman–Crippen MR) is 118 cm³/mol. The summed E-state index contributed by atoms with van der Waals surface area (Å²) in [6, 6.07) is 12.7. The molecule has 2 rings (SSSR count). The van der Waals surface area contributed by atoms with Gasteiger partial charge in [-0.15, -0.1) is 0 Å². The lowest BCUT2D eigenvalue weighted by Crippen LogP contribution is -2.14. The van der Waals surface area contributed by atoms with Crippen molar-refractivity contribution in [3.8, 4) is 23.3 Å². The molecule has 0 aliphatic carbocycles. The molecule has 0 unspecified atom stereocenters. The Bertz CT molecular complexity index is 958. The first-order chi connectivity index (χ1) is 14.4. The maximum absolute atomic E-state index is 12.7. The van der Waals surface area contributed by atoms with Gasteiger partial charge in [0, 0.05) is 0 Å². The van der Waals surface area contributed by atoms with Gasteiger partial charge in [0.05, 0.1) is 26.0 Å². The number of amides is 1. The predicted octanol–water partition coefficient (Wildman–Crippen LogP) is 4.98. The van der Waals surface area contributed by atoms with Gasteiger partial charge in [-0.3, -0.25) is 4.79 Å². The summed E-state index contributed by atoms with van der Waals surface area (Å²) in [6.45, 7) is 8.98. The summed E-state index contributed by atoms with van der Waals surface area (Å²) in [6.07, 6.45) is 1.52. The molecule has 1 N–H and O–H groups in total. The number of carbonyl (C=O) groups excluding carboxylic acids is 1. The van der Waals surface area contributed by atoms with Gasteiger partial charge in [-0.2, -0.15) is 5.26 Å². The number of nitriles is 1. The minimum atomic E-state index is -0.514. The lowest BCUT2D eigenvalue weighted by atomic mass is 10.1. The number of hydrogen-bond acceptors (Lipinski definition) is 5. The number of anilines is 1. The Hall–Kier alpha value is -3.46. The number of carbonyl (C=O) groups is 1. The molecule has 6 nitrogen and oxygen atoms in total. The summed E-state index contributed by atoms with van der Waals surface area (Å²) in [7, 11) is 1.53. The van der Waals surface area contributed by atoms with E-state index in [0.29, 0.717) is 47.6 Å². The third-order valence-electron chi connectivity index (χ3n) is 4.12. The van der Waals surface area contributed by atoms with Gasteiger partial charge in [-0.05, 0) is 61.2 Å². The van der Waals surface area contributed by atoms with Crippen molar-refractivity contribution >= 4 is 17.7 Å². The van der Waals surface area contributed by atoms with E-state index in [1.807, 2.05) is 26.0 Å². The largest absolute Gasteiger partial charge is 0.495 e. The van der Waals surface area contributed by atoms with Gasteiger partial charge in [-0.25, -0.2) is 0 Å². The molecule has 0 atom stereocenters. The second-order valence-corrected chi connectivity index (χ2v) is 7.17. The van der Waals surface area contributed by atoms with E-state index in [4.69, 9.17) is 14.2 Å². The van der Waals surface area contributed by atoms with E-state index in [-0.39, 0.29) is 5.57 Å². The Labute approximate surface area is 178 Å². The van der Waals surface area contributed by atoms with Crippen LogP contribution in [-0.2, 0) is 4.79 Å². The smallest absolute Gasteiger partial charge is 0.266 e. The molecule has 2 aromatic carbocycles. The Kier molecular flexibility index (Phi) is 8.30. The number of rotatable bonds is 9. The lowest BCUT2D eigenvalue weighted by molar-refractivity contribution is -0.112. The fourth-order valence-electron chi connectivity index (χ4n) is 2.68. The number of nitrogens with zero attached hydrogens (tertiary/aromatic N) is 1. The SMILES string of the molecule is CCOc1cc(/C=C(\C#N)C(=O)Nc2cc(C)ccc2OC)ccc1OCC(C)C. The molecule has 30 heavy (non-hydrogen) atoms. The standard InChI is InChI=1S/C24H28N2O4/c1-6-29-23-13-18(8-10-22(23)30-15-16(2)3)12-19(14-25)24(27)26-20-11-17(4)7-9-21(20)28-5/h7-13,16H,6,15H2,1-5H3,(H,26,27)/b19-12+. The third-order valence-corrected chi connectivity index (χ3v) is 4.12. The highest BCUT2D eigenvalue weighted by Crippen LogP contribution is 2.30. The zero-order valence-electron chi connectivity index (χ0n) is 18.1. The summed E-state index contributed by atoms with van der Waals surface area (Å²) < 4.78 is 16.7. The number of hydrogen-bond donors (Lipinski definition) is 1. The molecule has 158 valence electrons. The molecule has 0 radical (unpaired) electrons. The van der Waals surface area contributed by atoms with Crippen LogP contribution in [0, 0.1) is 24.2 Å². The second-order valence-electron chi connectivity index (χ2n) is 7.17. The van der Waals surface area contributed by atoms with E-state index in [1.165, 1.54) is 13.2 Å². The van der Waals surface area contributed by atoms with Crippen LogP contribution in [-0.4, -0.2) is 26.2 Å². The highest BCUT2D eigenvalue weighted by Gasteiger charge is 2.14. The summed E-state index contributed by atoms with van der Waals surface area (Å²) in [5.74, 6) is 1.60. The van der Waals surface area contributed by atoms with Gasteiger partial charge in [0.25, 0.3) is 5.91 Å². The van der Waals surface area contributed by atoms with Crippen LogP contribution in [0.5, 0.6) is 17.2 Å². The molecule has 0 aliphatic heterocycles. The summed E-state index contributed by atoms with van der Waals surface area (Å²) in [5, 5.41) is 12.3. The lowest BCUT2D eigenvalue weighted by Gasteiger charge is -2.14. The minimum absolute atomic E-state index is 0.0307. The van der Waals surface area contributed by atoms with E-state index in [2.05, 4.69) is 19.2 Å². The number of nitrogens with one attached hydrogen (secondary N) is 1. The van der Waals surface area contributed by atoms with Crippen LogP contribution >= 0.6 is 0 Å². The second kappa shape index (κ2) is 10.9. The topological polar surface area (TPSA) is 80.6 Å². The van der Waals surface area contributed by atoms with E-state index >= 15 is 0 Å². The van der Waals surface area contributed by atoms with Crippen molar-refractivity contribution in [2.75, 3.05) is 25.6 Å². The molecule has 0 saturated heterocycles. The molecule has 6 heteroatoms. The first kappa shape index (κ1) is 22.8. The number of aryl methyl sites for hydroxylation is 1. The average molecular weight is 408 g/mol. The van der Waals surface area contributed by atoms with E-state index in [9.17, 15) is 10.1 Å². The van der Waals surface area contributed by atoms with Crippen LogP contribution in [0.3, 0.4) is 0 Å². The zero-order chi connectivity index (χ0) is 22.1. The molecule has 0 aromatic heterocycles. The zero-order valence-corrected chi connectivity index (χ0v) is 18.1. The average Bonchev–Trinajstić information content (AvgIpc) is 2.71. The van der Waals surface area contributed by atoms with Gasteiger partial charge in [0.2, 0.25) is 0 Å². The van der Waals surface area contributed by atoms with Crippen molar-refractivity contribution in [2.45, 2.75) is 27.7 Å². The van der Waals surface area contributed by atoms with Crippen LogP contribution in [0.1, 0.15) is 31.9 Å². The van der Waals surface area contributed by atoms with Crippen LogP contribution in [0.25, 0.3) is 6.08 Å². The van der Waals surface area contributed by atoms with Crippen molar-refractivity contribution in [1.29, 1.82) is 5.26 Å². The Morgan fingerprint density at radius 2 is 1.87 bits per heavy atom. The first-order valence-electron chi connectivity index (χ1n) is 9.85. The van der Waals surface area contributed by atoms with Gasteiger partial charge >= 0.3 is 0 Å². The van der Waals surface area contributed by atoms with Crippen LogP contribution in [0.2, 0.25) is 0 Å². The fourth-order valence-corrected chi connectivity index (χ4v) is 2.68. The van der Waals surface area contributed by atoms with Crippen molar-refractivity contribution in [3.05, 3.63) is 53.1 Å². The molecule has 0 spiro atoms. The molecule has 0 saturated carbocycles. The first-order valence-corrected chi connectivity index (χ1v) is 9.85. The number of methoxy groups -OCH3 is 1. The highest BCUT2D eigenvalue weighted by molar-refractivity contribution is 6.10.